The minimum atomic E-state index is 0.843. The van der Waals surface area contributed by atoms with Gasteiger partial charge >= 0.3 is 0 Å². The Morgan fingerprint density at radius 3 is 2.54 bits per heavy atom. The summed E-state index contributed by atoms with van der Waals surface area (Å²) in [6, 6.07) is 16.6. The van der Waals surface area contributed by atoms with Crippen LogP contribution in [0.4, 0.5) is 0 Å². The second kappa shape index (κ2) is 6.84. The predicted molar refractivity (Wildman–Crippen MR) is 106 cm³/mol. The Hall–Kier alpha value is -3.40. The lowest BCUT2D eigenvalue weighted by molar-refractivity contribution is 1.04. The summed E-state index contributed by atoms with van der Waals surface area (Å²) >= 11 is 0. The molecule has 0 unspecified atom stereocenters. The Morgan fingerprint density at radius 2 is 1.81 bits per heavy atom. The number of H-pyrrole nitrogens is 1. The molecule has 2 heterocycles. The van der Waals surface area contributed by atoms with E-state index < -0.39 is 0 Å². The van der Waals surface area contributed by atoms with Gasteiger partial charge in [0.25, 0.3) is 0 Å². The predicted octanol–water partition coefficient (Wildman–Crippen LogP) is 5.05. The summed E-state index contributed by atoms with van der Waals surface area (Å²) in [4.78, 5) is 12.1. The number of hydrogen-bond acceptors (Lipinski definition) is 2. The normalized spacial score (nSPS) is 11.3. The first-order valence-electron chi connectivity index (χ1n) is 8.59. The summed E-state index contributed by atoms with van der Waals surface area (Å²) in [7, 11) is 0. The zero-order valence-corrected chi connectivity index (χ0v) is 14.8. The van der Waals surface area contributed by atoms with Gasteiger partial charge in [0.1, 0.15) is 5.82 Å². The van der Waals surface area contributed by atoms with Gasteiger partial charge in [-0.15, -0.1) is 0 Å². The molecule has 1 N–H and O–H groups in total. The molecule has 4 aromatic rings. The summed E-state index contributed by atoms with van der Waals surface area (Å²) in [6.07, 6.45) is 9.82. The van der Waals surface area contributed by atoms with Crippen LogP contribution in [-0.2, 0) is 0 Å². The van der Waals surface area contributed by atoms with Gasteiger partial charge in [0.05, 0.1) is 23.9 Å². The number of hydrogen-bond donors (Lipinski definition) is 1. The summed E-state index contributed by atoms with van der Waals surface area (Å²) in [5.74, 6) is 0.843. The molecule has 2 aromatic heterocycles. The molecular formula is C22H20N4. The van der Waals surface area contributed by atoms with Gasteiger partial charge in [0.15, 0.2) is 0 Å². The molecule has 128 valence electrons. The van der Waals surface area contributed by atoms with Crippen LogP contribution in [0, 0.1) is 13.8 Å². The van der Waals surface area contributed by atoms with E-state index in [4.69, 9.17) is 0 Å². The SMILES string of the molecule is Cc1cn(-c2ccc(/C=C/c3ncc(-c4ccccc4)[nH]3)cc2C)cn1. The van der Waals surface area contributed by atoms with Crippen LogP contribution in [0.25, 0.3) is 29.1 Å². The second-order valence-corrected chi connectivity index (χ2v) is 6.35. The van der Waals surface area contributed by atoms with Crippen molar-refractivity contribution in [3.63, 3.8) is 0 Å². The van der Waals surface area contributed by atoms with Crippen LogP contribution in [0.15, 0.2) is 67.3 Å². The van der Waals surface area contributed by atoms with Crippen LogP contribution in [-0.4, -0.2) is 19.5 Å². The molecule has 0 saturated carbocycles. The van der Waals surface area contributed by atoms with Crippen LogP contribution < -0.4 is 0 Å². The average Bonchev–Trinajstić information content (AvgIpc) is 3.30. The van der Waals surface area contributed by atoms with Crippen molar-refractivity contribution in [3.05, 3.63) is 89.9 Å². The van der Waals surface area contributed by atoms with Crippen LogP contribution in [0.3, 0.4) is 0 Å². The molecule has 0 aliphatic carbocycles. The maximum absolute atomic E-state index is 4.44. The maximum atomic E-state index is 4.44. The van der Waals surface area contributed by atoms with Crippen molar-refractivity contribution < 1.29 is 0 Å². The highest BCUT2D eigenvalue weighted by molar-refractivity contribution is 5.69. The zero-order chi connectivity index (χ0) is 17.9. The number of aromatic nitrogens is 4. The molecule has 0 saturated heterocycles. The van der Waals surface area contributed by atoms with Crippen molar-refractivity contribution in [1.29, 1.82) is 0 Å². The van der Waals surface area contributed by atoms with Crippen molar-refractivity contribution in [3.8, 4) is 16.9 Å². The lowest BCUT2D eigenvalue weighted by atomic mass is 10.1. The third-order valence-electron chi connectivity index (χ3n) is 4.32. The van der Waals surface area contributed by atoms with E-state index in [1.807, 2.05) is 49.9 Å². The number of imidazole rings is 2. The first-order chi connectivity index (χ1) is 12.7. The van der Waals surface area contributed by atoms with E-state index in [0.717, 1.165) is 34.0 Å². The largest absolute Gasteiger partial charge is 0.338 e. The molecule has 0 radical (unpaired) electrons. The summed E-state index contributed by atoms with van der Waals surface area (Å²) in [6.45, 7) is 4.11. The lowest BCUT2D eigenvalue weighted by Gasteiger charge is -2.07. The molecule has 0 aliphatic heterocycles. The number of aryl methyl sites for hydroxylation is 2. The van der Waals surface area contributed by atoms with E-state index in [9.17, 15) is 0 Å². The van der Waals surface area contributed by atoms with Gasteiger partial charge in [0.2, 0.25) is 0 Å². The topological polar surface area (TPSA) is 46.5 Å². The Balaban J connectivity index is 1.54. The minimum absolute atomic E-state index is 0.843. The van der Waals surface area contributed by atoms with Crippen molar-refractivity contribution in [2.75, 3.05) is 0 Å². The molecule has 0 bridgehead atoms. The molecule has 0 fully saturated rings. The number of nitrogens with one attached hydrogen (secondary N) is 1. The van der Waals surface area contributed by atoms with Gasteiger partial charge in [-0.2, -0.15) is 0 Å². The van der Waals surface area contributed by atoms with Crippen molar-refractivity contribution in [1.82, 2.24) is 19.5 Å². The Morgan fingerprint density at radius 1 is 0.962 bits per heavy atom. The molecular weight excluding hydrogens is 320 g/mol. The van der Waals surface area contributed by atoms with Crippen LogP contribution in [0.2, 0.25) is 0 Å². The Bertz CT molecular complexity index is 1050. The third kappa shape index (κ3) is 3.35. The number of benzene rings is 2. The quantitative estimate of drug-likeness (QED) is 0.565. The fraction of sp³-hybridized carbons (Fsp3) is 0.0909. The maximum Gasteiger partial charge on any atom is 0.130 e. The highest BCUT2D eigenvalue weighted by Gasteiger charge is 2.03. The lowest BCUT2D eigenvalue weighted by Crippen LogP contribution is -1.94. The van der Waals surface area contributed by atoms with Crippen LogP contribution >= 0.6 is 0 Å². The molecule has 4 heteroatoms. The fourth-order valence-corrected chi connectivity index (χ4v) is 2.99. The van der Waals surface area contributed by atoms with E-state index in [1.165, 1.54) is 5.56 Å². The van der Waals surface area contributed by atoms with Crippen LogP contribution in [0.1, 0.15) is 22.6 Å². The van der Waals surface area contributed by atoms with Crippen LogP contribution in [0.5, 0.6) is 0 Å². The molecule has 0 aliphatic rings. The van der Waals surface area contributed by atoms with E-state index in [-0.39, 0.29) is 0 Å². The van der Waals surface area contributed by atoms with E-state index in [1.54, 1.807) is 0 Å². The highest BCUT2D eigenvalue weighted by atomic mass is 15.0. The summed E-state index contributed by atoms with van der Waals surface area (Å²) in [5.41, 5.74) is 6.66. The average molecular weight is 340 g/mol. The molecule has 0 amide bonds. The van der Waals surface area contributed by atoms with Gasteiger partial charge in [-0.05, 0) is 48.7 Å². The monoisotopic (exact) mass is 340 g/mol. The highest BCUT2D eigenvalue weighted by Crippen LogP contribution is 2.19. The van der Waals surface area contributed by atoms with Gasteiger partial charge in [0, 0.05) is 11.9 Å². The molecule has 0 spiro atoms. The molecule has 4 nitrogen and oxygen atoms in total. The molecule has 2 aromatic carbocycles. The van der Waals surface area contributed by atoms with E-state index in [0.29, 0.717) is 0 Å². The zero-order valence-electron chi connectivity index (χ0n) is 14.8. The van der Waals surface area contributed by atoms with Crippen molar-refractivity contribution in [2.24, 2.45) is 0 Å². The second-order valence-electron chi connectivity index (χ2n) is 6.35. The fourth-order valence-electron chi connectivity index (χ4n) is 2.99. The van der Waals surface area contributed by atoms with E-state index in [2.05, 4.69) is 62.9 Å². The van der Waals surface area contributed by atoms with Gasteiger partial charge in [-0.3, -0.25) is 0 Å². The van der Waals surface area contributed by atoms with E-state index >= 15 is 0 Å². The number of aromatic amines is 1. The smallest absolute Gasteiger partial charge is 0.130 e. The number of rotatable bonds is 4. The Kier molecular flexibility index (Phi) is 4.23. The molecule has 4 rings (SSSR count). The summed E-state index contributed by atoms with van der Waals surface area (Å²) in [5, 5.41) is 0. The van der Waals surface area contributed by atoms with Gasteiger partial charge < -0.3 is 9.55 Å². The standard InChI is InChI=1S/C22H20N4/c1-16-12-18(8-10-21(16)26-14-17(2)24-15-26)9-11-22-23-13-20(25-22)19-6-4-3-5-7-19/h3-15H,1-2H3,(H,23,25)/b11-9+. The van der Waals surface area contributed by atoms with Gasteiger partial charge in [-0.25, -0.2) is 9.97 Å². The molecule has 0 atom stereocenters. The molecule has 26 heavy (non-hydrogen) atoms. The third-order valence-corrected chi connectivity index (χ3v) is 4.32. The van der Waals surface area contributed by atoms with Crippen molar-refractivity contribution in [2.45, 2.75) is 13.8 Å². The number of nitrogens with zero attached hydrogens (tertiary/aromatic N) is 3. The van der Waals surface area contributed by atoms with Gasteiger partial charge in [-0.1, -0.05) is 42.5 Å². The van der Waals surface area contributed by atoms with Crippen molar-refractivity contribution >= 4 is 12.2 Å². The first-order valence-corrected chi connectivity index (χ1v) is 8.59. The minimum Gasteiger partial charge on any atom is -0.338 e. The Labute approximate surface area is 152 Å². The summed E-state index contributed by atoms with van der Waals surface area (Å²) < 4.78 is 2.05. The first kappa shape index (κ1) is 16.1.